The van der Waals surface area contributed by atoms with Crippen molar-refractivity contribution in [3.8, 4) is 5.75 Å². The van der Waals surface area contributed by atoms with Crippen LogP contribution in [0.2, 0.25) is 0 Å². The summed E-state index contributed by atoms with van der Waals surface area (Å²) in [6.45, 7) is 0. The standard InChI is InChI=1S/C17H9Br3O5S/c18-9-7-12(16(20)13(19)8-9)17(21)25-14-5-6-15(26(22,23)24)11-4-2-1-3-10(11)14/h1-8H,(H,22,23,24). The predicted molar refractivity (Wildman–Crippen MR) is 108 cm³/mol. The molecule has 0 saturated heterocycles. The average Bonchev–Trinajstić information content (AvgIpc) is 2.57. The van der Waals surface area contributed by atoms with Crippen molar-refractivity contribution in [3.63, 3.8) is 0 Å². The Labute approximate surface area is 174 Å². The normalized spacial score (nSPS) is 11.5. The van der Waals surface area contributed by atoms with E-state index in [0.29, 0.717) is 18.8 Å². The van der Waals surface area contributed by atoms with Crippen LogP contribution in [-0.2, 0) is 10.1 Å². The van der Waals surface area contributed by atoms with Crippen LogP contribution in [0, 0.1) is 0 Å². The number of fused-ring (bicyclic) bond motifs is 1. The summed E-state index contributed by atoms with van der Waals surface area (Å²) in [6, 6.07) is 12.4. The lowest BCUT2D eigenvalue weighted by Gasteiger charge is -2.11. The smallest absolute Gasteiger partial charge is 0.344 e. The third-order valence-electron chi connectivity index (χ3n) is 3.54. The van der Waals surface area contributed by atoms with Gasteiger partial charge < -0.3 is 4.74 Å². The molecular formula is C17H9Br3O5S. The van der Waals surface area contributed by atoms with Crippen molar-refractivity contribution in [3.05, 3.63) is 67.5 Å². The van der Waals surface area contributed by atoms with Crippen LogP contribution < -0.4 is 4.74 Å². The van der Waals surface area contributed by atoms with Crippen LogP contribution in [0.15, 0.2) is 66.8 Å². The molecule has 134 valence electrons. The molecule has 0 unspecified atom stereocenters. The van der Waals surface area contributed by atoms with E-state index in [0.717, 1.165) is 0 Å². The summed E-state index contributed by atoms with van der Waals surface area (Å²) < 4.78 is 39.9. The Bertz CT molecular complexity index is 1140. The summed E-state index contributed by atoms with van der Waals surface area (Å²) in [6.07, 6.45) is 0. The van der Waals surface area contributed by atoms with Crippen molar-refractivity contribution < 1.29 is 22.5 Å². The maximum Gasteiger partial charge on any atom is 0.344 e. The van der Waals surface area contributed by atoms with E-state index in [9.17, 15) is 17.8 Å². The molecule has 0 aliphatic rings. The van der Waals surface area contributed by atoms with Gasteiger partial charge in [-0.25, -0.2) is 4.79 Å². The zero-order valence-electron chi connectivity index (χ0n) is 12.7. The molecule has 0 aromatic heterocycles. The van der Waals surface area contributed by atoms with E-state index in [-0.39, 0.29) is 21.6 Å². The maximum atomic E-state index is 12.6. The Hall–Kier alpha value is -1.26. The first-order valence-electron chi connectivity index (χ1n) is 7.04. The van der Waals surface area contributed by atoms with Crippen LogP contribution in [0.3, 0.4) is 0 Å². The predicted octanol–water partition coefficient (Wildman–Crippen LogP) is 5.59. The Morgan fingerprint density at radius 2 is 1.62 bits per heavy atom. The number of hydrogen-bond acceptors (Lipinski definition) is 4. The molecule has 0 amide bonds. The van der Waals surface area contributed by atoms with E-state index in [1.54, 1.807) is 30.3 Å². The monoisotopic (exact) mass is 562 g/mol. The lowest BCUT2D eigenvalue weighted by Crippen LogP contribution is -2.10. The Balaban J connectivity index is 2.10. The largest absolute Gasteiger partial charge is 0.422 e. The van der Waals surface area contributed by atoms with Gasteiger partial charge in [0.2, 0.25) is 0 Å². The minimum Gasteiger partial charge on any atom is -0.422 e. The van der Waals surface area contributed by atoms with E-state index >= 15 is 0 Å². The highest BCUT2D eigenvalue weighted by molar-refractivity contribution is 9.13. The van der Waals surface area contributed by atoms with Crippen molar-refractivity contribution in [1.29, 1.82) is 0 Å². The minimum atomic E-state index is -4.41. The average molecular weight is 565 g/mol. The van der Waals surface area contributed by atoms with Crippen molar-refractivity contribution >= 4 is 74.6 Å². The highest BCUT2D eigenvalue weighted by atomic mass is 79.9. The van der Waals surface area contributed by atoms with Crippen LogP contribution in [0.4, 0.5) is 0 Å². The summed E-state index contributed by atoms with van der Waals surface area (Å²) in [5.41, 5.74) is 0.286. The van der Waals surface area contributed by atoms with Crippen LogP contribution >= 0.6 is 47.8 Å². The number of rotatable bonds is 3. The number of carbonyl (C=O) groups excluding carboxylic acids is 1. The fourth-order valence-corrected chi connectivity index (χ4v) is 4.73. The van der Waals surface area contributed by atoms with Crippen LogP contribution in [0.5, 0.6) is 5.75 Å². The van der Waals surface area contributed by atoms with E-state index in [1.807, 2.05) is 0 Å². The second-order valence-electron chi connectivity index (χ2n) is 5.22. The number of hydrogen-bond donors (Lipinski definition) is 1. The van der Waals surface area contributed by atoms with Gasteiger partial charge in [0.25, 0.3) is 10.1 Å². The van der Waals surface area contributed by atoms with Crippen molar-refractivity contribution in [2.45, 2.75) is 4.90 Å². The number of ether oxygens (including phenoxy) is 1. The molecule has 3 aromatic rings. The number of benzene rings is 3. The second-order valence-corrected chi connectivity index (χ2v) is 9.17. The van der Waals surface area contributed by atoms with Gasteiger partial charge in [-0.2, -0.15) is 8.42 Å². The SMILES string of the molecule is O=C(Oc1ccc(S(=O)(=O)O)c2ccccc12)c1cc(Br)cc(Br)c1Br. The molecule has 0 atom stereocenters. The van der Waals surface area contributed by atoms with Gasteiger partial charge in [0.15, 0.2) is 0 Å². The first-order valence-corrected chi connectivity index (χ1v) is 10.9. The van der Waals surface area contributed by atoms with Crippen LogP contribution in [-0.4, -0.2) is 18.9 Å². The highest BCUT2D eigenvalue weighted by Gasteiger charge is 2.20. The zero-order valence-corrected chi connectivity index (χ0v) is 18.3. The topological polar surface area (TPSA) is 80.7 Å². The Kier molecular flexibility index (Phi) is 5.55. The zero-order chi connectivity index (χ0) is 19.1. The first kappa shape index (κ1) is 19.5. The molecule has 3 rings (SSSR count). The van der Waals surface area contributed by atoms with Crippen molar-refractivity contribution in [1.82, 2.24) is 0 Å². The highest BCUT2D eigenvalue weighted by Crippen LogP contribution is 2.34. The van der Waals surface area contributed by atoms with Gasteiger partial charge >= 0.3 is 5.97 Å². The third kappa shape index (κ3) is 3.86. The van der Waals surface area contributed by atoms with Gasteiger partial charge in [0.1, 0.15) is 10.6 Å². The lowest BCUT2D eigenvalue weighted by molar-refractivity contribution is 0.0736. The van der Waals surface area contributed by atoms with E-state index in [4.69, 9.17) is 4.74 Å². The van der Waals surface area contributed by atoms with E-state index in [1.165, 1.54) is 18.2 Å². The molecule has 0 radical (unpaired) electrons. The number of halogens is 3. The van der Waals surface area contributed by atoms with Gasteiger partial charge in [-0.1, -0.05) is 40.2 Å². The summed E-state index contributed by atoms with van der Waals surface area (Å²) in [4.78, 5) is 12.4. The van der Waals surface area contributed by atoms with Crippen LogP contribution in [0.25, 0.3) is 10.8 Å². The van der Waals surface area contributed by atoms with Gasteiger partial charge in [-0.15, -0.1) is 0 Å². The molecule has 0 bridgehead atoms. The molecule has 5 nitrogen and oxygen atoms in total. The third-order valence-corrected chi connectivity index (χ3v) is 6.92. The molecule has 0 aliphatic heterocycles. The minimum absolute atomic E-state index is 0.181. The molecule has 0 heterocycles. The van der Waals surface area contributed by atoms with Crippen molar-refractivity contribution in [2.24, 2.45) is 0 Å². The molecular weight excluding hydrogens is 556 g/mol. The first-order chi connectivity index (χ1) is 12.2. The fourth-order valence-electron chi connectivity index (χ4n) is 2.42. The number of carbonyl (C=O) groups is 1. The summed E-state index contributed by atoms with van der Waals surface area (Å²) >= 11 is 10.00. The molecule has 0 saturated carbocycles. The maximum absolute atomic E-state index is 12.6. The summed E-state index contributed by atoms with van der Waals surface area (Å²) in [5.74, 6) is -0.440. The molecule has 9 heteroatoms. The lowest BCUT2D eigenvalue weighted by atomic mass is 10.1. The number of esters is 1. The molecule has 0 fully saturated rings. The van der Waals surface area contributed by atoms with Crippen molar-refractivity contribution in [2.75, 3.05) is 0 Å². The molecule has 0 spiro atoms. The van der Waals surface area contributed by atoms with E-state index in [2.05, 4.69) is 47.8 Å². The quantitative estimate of drug-likeness (QED) is 0.194. The van der Waals surface area contributed by atoms with E-state index < -0.39 is 16.1 Å². The van der Waals surface area contributed by atoms with Gasteiger partial charge in [-0.05, 0) is 56.1 Å². The molecule has 3 aromatic carbocycles. The molecule has 0 aliphatic carbocycles. The van der Waals surface area contributed by atoms with Gasteiger partial charge in [0.05, 0.1) is 5.56 Å². The summed E-state index contributed by atoms with van der Waals surface area (Å²) in [5, 5.41) is 0.649. The Morgan fingerprint density at radius 1 is 0.962 bits per heavy atom. The molecule has 26 heavy (non-hydrogen) atoms. The molecule has 1 N–H and O–H groups in total. The van der Waals surface area contributed by atoms with Gasteiger partial charge in [-0.3, -0.25) is 4.55 Å². The summed E-state index contributed by atoms with van der Waals surface area (Å²) in [7, 11) is -4.41. The van der Waals surface area contributed by atoms with Gasteiger partial charge in [0, 0.05) is 24.2 Å². The Morgan fingerprint density at radius 3 is 2.27 bits per heavy atom. The van der Waals surface area contributed by atoms with Crippen LogP contribution in [0.1, 0.15) is 10.4 Å². The second kappa shape index (κ2) is 7.40. The fraction of sp³-hybridized carbons (Fsp3) is 0.